The van der Waals surface area contributed by atoms with Crippen LogP contribution in [0.4, 0.5) is 5.69 Å². The van der Waals surface area contributed by atoms with Crippen LogP contribution < -0.4 is 20.8 Å². The fourth-order valence-electron chi connectivity index (χ4n) is 2.06. The number of anilines is 1. The number of aryl methyl sites for hydroxylation is 1. The molecule has 1 aliphatic heterocycles. The zero-order valence-electron chi connectivity index (χ0n) is 10.4. The highest BCUT2D eigenvalue weighted by atomic mass is 16.6. The van der Waals surface area contributed by atoms with Gasteiger partial charge in [0.2, 0.25) is 0 Å². The molecule has 1 aliphatic rings. The summed E-state index contributed by atoms with van der Waals surface area (Å²) in [6.07, 6.45) is 0. The molecule has 1 aromatic carbocycles. The van der Waals surface area contributed by atoms with Gasteiger partial charge in [0, 0.05) is 11.6 Å². The van der Waals surface area contributed by atoms with E-state index in [0.29, 0.717) is 41.9 Å². The number of benzene rings is 1. The molecule has 0 unspecified atom stereocenters. The summed E-state index contributed by atoms with van der Waals surface area (Å²) in [6, 6.07) is 4.94. The van der Waals surface area contributed by atoms with Crippen LogP contribution in [0, 0.1) is 6.92 Å². The lowest BCUT2D eigenvalue weighted by molar-refractivity contribution is 0.173. The number of fused-ring (bicyclic) bond motifs is 1. The number of H-pyrrole nitrogens is 1. The van der Waals surface area contributed by atoms with Crippen LogP contribution in [0.3, 0.4) is 0 Å². The molecule has 0 bridgehead atoms. The van der Waals surface area contributed by atoms with Crippen LogP contribution in [-0.4, -0.2) is 23.2 Å². The predicted molar refractivity (Wildman–Crippen MR) is 70.4 cm³/mol. The van der Waals surface area contributed by atoms with Crippen molar-refractivity contribution in [3.8, 4) is 22.8 Å². The molecule has 0 amide bonds. The van der Waals surface area contributed by atoms with Crippen LogP contribution >= 0.6 is 0 Å². The van der Waals surface area contributed by atoms with E-state index in [9.17, 15) is 4.79 Å². The zero-order chi connectivity index (χ0) is 13.4. The lowest BCUT2D eigenvalue weighted by atomic mass is 10.1. The molecule has 0 radical (unpaired) electrons. The first-order valence-corrected chi connectivity index (χ1v) is 5.91. The quantitative estimate of drug-likeness (QED) is 0.748. The summed E-state index contributed by atoms with van der Waals surface area (Å²) in [6.45, 7) is 2.70. The number of aromatic nitrogens is 2. The zero-order valence-corrected chi connectivity index (χ0v) is 10.4. The summed E-state index contributed by atoms with van der Waals surface area (Å²) in [7, 11) is 0. The second-order valence-electron chi connectivity index (χ2n) is 4.31. The van der Waals surface area contributed by atoms with Gasteiger partial charge in [-0.3, -0.25) is 4.79 Å². The number of aromatic amines is 1. The first-order valence-electron chi connectivity index (χ1n) is 5.91. The molecule has 19 heavy (non-hydrogen) atoms. The lowest BCUT2D eigenvalue weighted by Crippen LogP contribution is -2.16. The fraction of sp³-hybridized carbons (Fsp3) is 0.231. The number of nitrogen functional groups attached to an aromatic ring is 1. The molecule has 6 nitrogen and oxygen atoms in total. The van der Waals surface area contributed by atoms with Crippen LogP contribution in [0.15, 0.2) is 23.0 Å². The Morgan fingerprint density at radius 3 is 2.84 bits per heavy atom. The number of ether oxygens (including phenoxy) is 2. The molecule has 0 saturated heterocycles. The van der Waals surface area contributed by atoms with E-state index < -0.39 is 0 Å². The maximum absolute atomic E-state index is 11.5. The van der Waals surface area contributed by atoms with Gasteiger partial charge in [-0.25, -0.2) is 4.98 Å². The highest BCUT2D eigenvalue weighted by Gasteiger charge is 2.17. The number of rotatable bonds is 1. The van der Waals surface area contributed by atoms with Crippen LogP contribution in [0.25, 0.3) is 11.3 Å². The molecule has 1 aromatic heterocycles. The van der Waals surface area contributed by atoms with E-state index in [1.807, 2.05) is 0 Å². The van der Waals surface area contributed by atoms with Gasteiger partial charge < -0.3 is 20.2 Å². The van der Waals surface area contributed by atoms with E-state index >= 15 is 0 Å². The van der Waals surface area contributed by atoms with Gasteiger partial charge in [-0.05, 0) is 19.1 Å². The Hall–Kier alpha value is -2.50. The number of nitrogens with zero attached hydrogens (tertiary/aromatic N) is 1. The largest absolute Gasteiger partial charge is 0.486 e. The Bertz CT molecular complexity index is 694. The van der Waals surface area contributed by atoms with Crippen molar-refractivity contribution in [2.75, 3.05) is 18.9 Å². The average Bonchev–Trinajstić information content (AvgIpc) is 2.37. The van der Waals surface area contributed by atoms with Crippen LogP contribution in [-0.2, 0) is 0 Å². The first-order chi connectivity index (χ1) is 9.13. The summed E-state index contributed by atoms with van der Waals surface area (Å²) in [4.78, 5) is 18.4. The van der Waals surface area contributed by atoms with Gasteiger partial charge >= 0.3 is 0 Å². The van der Waals surface area contributed by atoms with Crippen LogP contribution in [0.1, 0.15) is 5.82 Å². The van der Waals surface area contributed by atoms with E-state index in [2.05, 4.69) is 9.97 Å². The van der Waals surface area contributed by atoms with Crippen LogP contribution in [0.2, 0.25) is 0 Å². The molecule has 3 rings (SSSR count). The maximum atomic E-state index is 11.5. The molecule has 0 atom stereocenters. The second-order valence-corrected chi connectivity index (χ2v) is 4.31. The monoisotopic (exact) mass is 259 g/mol. The van der Waals surface area contributed by atoms with E-state index in [0.717, 1.165) is 5.56 Å². The van der Waals surface area contributed by atoms with Crippen molar-refractivity contribution in [3.63, 3.8) is 0 Å². The van der Waals surface area contributed by atoms with E-state index in [1.165, 1.54) is 6.07 Å². The van der Waals surface area contributed by atoms with Crippen molar-refractivity contribution < 1.29 is 9.47 Å². The Kier molecular flexibility index (Phi) is 2.63. The van der Waals surface area contributed by atoms with Crippen molar-refractivity contribution in [1.82, 2.24) is 9.97 Å². The van der Waals surface area contributed by atoms with Crippen LogP contribution in [0.5, 0.6) is 11.5 Å². The highest BCUT2D eigenvalue weighted by Crippen LogP contribution is 2.39. The lowest BCUT2D eigenvalue weighted by Gasteiger charge is -2.20. The smallest absolute Gasteiger partial charge is 0.251 e. The van der Waals surface area contributed by atoms with Gasteiger partial charge in [0.25, 0.3) is 5.56 Å². The summed E-state index contributed by atoms with van der Waals surface area (Å²) < 4.78 is 11.0. The fourth-order valence-corrected chi connectivity index (χ4v) is 2.06. The molecule has 2 aromatic rings. The van der Waals surface area contributed by atoms with Gasteiger partial charge in [-0.15, -0.1) is 0 Å². The third-order valence-corrected chi connectivity index (χ3v) is 2.83. The standard InChI is InChI=1S/C13H13N3O3/c1-7-15-10(6-12(17)16-7)8-4-9(14)13-11(5-8)18-2-3-19-13/h4-6H,2-3,14H2,1H3,(H,15,16,17). The van der Waals surface area contributed by atoms with Gasteiger partial charge in [0.1, 0.15) is 19.0 Å². The second kappa shape index (κ2) is 4.31. The molecule has 0 aliphatic carbocycles. The molecule has 0 saturated carbocycles. The Labute approximate surface area is 109 Å². The topological polar surface area (TPSA) is 90.2 Å². The molecule has 6 heteroatoms. The highest BCUT2D eigenvalue weighted by molar-refractivity contribution is 5.73. The normalized spacial score (nSPS) is 13.3. The van der Waals surface area contributed by atoms with Gasteiger partial charge in [0.05, 0.1) is 11.4 Å². The number of nitrogens with one attached hydrogen (secondary N) is 1. The van der Waals surface area contributed by atoms with Gasteiger partial charge in [0.15, 0.2) is 11.5 Å². The summed E-state index contributed by atoms with van der Waals surface area (Å²) in [5.41, 5.74) is 7.51. The number of nitrogens with two attached hydrogens (primary N) is 1. The third kappa shape index (κ3) is 2.12. The number of hydrogen-bond donors (Lipinski definition) is 2. The SMILES string of the molecule is Cc1nc(-c2cc(N)c3c(c2)OCCO3)cc(=O)[nH]1. The molecular weight excluding hydrogens is 246 g/mol. The average molecular weight is 259 g/mol. The van der Waals surface area contributed by atoms with Gasteiger partial charge in [-0.2, -0.15) is 0 Å². The minimum absolute atomic E-state index is 0.198. The van der Waals surface area contributed by atoms with Crippen molar-refractivity contribution in [1.29, 1.82) is 0 Å². The third-order valence-electron chi connectivity index (χ3n) is 2.83. The Balaban J connectivity index is 2.15. The molecule has 0 fully saturated rings. The van der Waals surface area contributed by atoms with Crippen molar-refractivity contribution in [2.24, 2.45) is 0 Å². The van der Waals surface area contributed by atoms with Crippen molar-refractivity contribution in [2.45, 2.75) is 6.92 Å². The van der Waals surface area contributed by atoms with E-state index in [1.54, 1.807) is 19.1 Å². The van der Waals surface area contributed by atoms with Crippen molar-refractivity contribution >= 4 is 5.69 Å². The molecular formula is C13H13N3O3. The minimum Gasteiger partial charge on any atom is -0.486 e. The predicted octanol–water partition coefficient (Wildman–Crippen LogP) is 1.10. The van der Waals surface area contributed by atoms with E-state index in [-0.39, 0.29) is 5.56 Å². The number of hydrogen-bond acceptors (Lipinski definition) is 5. The summed E-state index contributed by atoms with van der Waals surface area (Å²) >= 11 is 0. The van der Waals surface area contributed by atoms with Crippen molar-refractivity contribution in [3.05, 3.63) is 34.4 Å². The molecule has 98 valence electrons. The van der Waals surface area contributed by atoms with E-state index in [4.69, 9.17) is 15.2 Å². The molecule has 2 heterocycles. The van der Waals surface area contributed by atoms with Gasteiger partial charge in [-0.1, -0.05) is 0 Å². The summed E-state index contributed by atoms with van der Waals surface area (Å²) in [5.74, 6) is 1.69. The Morgan fingerprint density at radius 2 is 2.05 bits per heavy atom. The Morgan fingerprint density at radius 1 is 1.26 bits per heavy atom. The minimum atomic E-state index is -0.198. The molecule has 0 spiro atoms. The summed E-state index contributed by atoms with van der Waals surface area (Å²) in [5, 5.41) is 0. The maximum Gasteiger partial charge on any atom is 0.251 e. The first kappa shape index (κ1) is 11.6. The molecule has 3 N–H and O–H groups in total.